The van der Waals surface area contributed by atoms with Crippen molar-refractivity contribution in [3.63, 3.8) is 0 Å². The fourth-order valence-electron chi connectivity index (χ4n) is 6.50. The first-order valence-corrected chi connectivity index (χ1v) is 23.8. The summed E-state index contributed by atoms with van der Waals surface area (Å²) in [4.78, 5) is 56.1. The number of hydrogen-bond acceptors (Lipinski definition) is 12. The molecule has 2 heterocycles. The zero-order valence-electron chi connectivity index (χ0n) is 39.6. The predicted octanol–water partition coefficient (Wildman–Crippen LogP) is 3.71. The van der Waals surface area contributed by atoms with Crippen LogP contribution in [0, 0.1) is 0 Å². The SMILES string of the molecule is CCCCCNC(=O)[C@@H](N)c1ccccc1.CCCCCNC(=O)[C@@H](NC(=O)c1ccc2nc(N)ccc2c1)c1ccccc1.Nc1ccc2cc(C(=O)[O-])ccc2n1.O=S(=O)(O)c1ccccc1.[K+]. The molecule has 0 unspecified atom stereocenters. The van der Waals surface area contributed by atoms with Crippen LogP contribution >= 0.6 is 0 Å². The van der Waals surface area contributed by atoms with E-state index in [1.165, 1.54) is 24.3 Å². The van der Waals surface area contributed by atoms with E-state index in [2.05, 4.69) is 39.8 Å². The summed E-state index contributed by atoms with van der Waals surface area (Å²) >= 11 is 0. The van der Waals surface area contributed by atoms with Gasteiger partial charge in [0, 0.05) is 29.4 Å². The summed E-state index contributed by atoms with van der Waals surface area (Å²) in [5, 5.41) is 20.8. The average Bonchev–Trinajstić information content (AvgIpc) is 3.36. The first kappa shape index (κ1) is 58.2. The van der Waals surface area contributed by atoms with Gasteiger partial charge in [-0.3, -0.25) is 18.9 Å². The van der Waals surface area contributed by atoms with Crippen molar-refractivity contribution in [1.82, 2.24) is 25.9 Å². The summed E-state index contributed by atoms with van der Waals surface area (Å²) in [5.41, 5.74) is 20.6. The van der Waals surface area contributed by atoms with Crippen molar-refractivity contribution in [2.75, 3.05) is 24.6 Å². The quantitative estimate of drug-likeness (QED) is 0.0414. The number of carbonyl (C=O) groups excluding carboxylic acids is 4. The number of aromatic nitrogens is 2. The molecule has 0 spiro atoms. The molecular formula is C52H59KN8O8S. The topological polar surface area (TPSA) is 286 Å². The molecule has 16 nitrogen and oxygen atoms in total. The molecule has 70 heavy (non-hydrogen) atoms. The molecule has 0 saturated heterocycles. The van der Waals surface area contributed by atoms with Crippen LogP contribution in [-0.4, -0.2) is 59.7 Å². The van der Waals surface area contributed by atoms with Crippen LogP contribution in [0.25, 0.3) is 21.8 Å². The second-order valence-corrected chi connectivity index (χ2v) is 17.0. The van der Waals surface area contributed by atoms with E-state index in [0.29, 0.717) is 35.8 Å². The number of fused-ring (bicyclic) bond motifs is 2. The maximum atomic E-state index is 12.9. The predicted molar refractivity (Wildman–Crippen MR) is 268 cm³/mol. The van der Waals surface area contributed by atoms with Gasteiger partial charge < -0.3 is 43.1 Å². The molecule has 0 aliphatic heterocycles. The van der Waals surface area contributed by atoms with Crippen LogP contribution in [0.2, 0.25) is 0 Å². The van der Waals surface area contributed by atoms with Crippen molar-refractivity contribution in [3.05, 3.63) is 174 Å². The molecule has 0 aliphatic carbocycles. The molecule has 3 amide bonds. The summed E-state index contributed by atoms with van der Waals surface area (Å²) in [6, 6.07) is 41.4. The van der Waals surface area contributed by atoms with E-state index < -0.39 is 28.2 Å². The minimum Gasteiger partial charge on any atom is -0.545 e. The van der Waals surface area contributed by atoms with E-state index in [-0.39, 0.29) is 79.6 Å². The molecule has 2 aromatic heterocycles. The molecule has 7 rings (SSSR count). The van der Waals surface area contributed by atoms with E-state index in [1.807, 2.05) is 66.7 Å². The molecule has 0 fully saturated rings. The molecule has 0 aliphatic rings. The molecule has 18 heteroatoms. The first-order valence-electron chi connectivity index (χ1n) is 22.4. The van der Waals surface area contributed by atoms with Crippen molar-refractivity contribution in [1.29, 1.82) is 0 Å². The molecule has 362 valence electrons. The van der Waals surface area contributed by atoms with Crippen molar-refractivity contribution < 1.29 is 88.6 Å². The van der Waals surface area contributed by atoms with Gasteiger partial charge in [0.25, 0.3) is 16.0 Å². The summed E-state index contributed by atoms with van der Waals surface area (Å²) in [6.07, 6.45) is 6.36. The van der Waals surface area contributed by atoms with E-state index in [1.54, 1.807) is 60.7 Å². The molecule has 5 aromatic carbocycles. The molecule has 2 atom stereocenters. The molecule has 0 radical (unpaired) electrons. The number of benzene rings is 5. The monoisotopic (exact) mass is 994 g/mol. The number of nitrogen functional groups attached to an aromatic ring is 2. The molecule has 0 bridgehead atoms. The van der Waals surface area contributed by atoms with Gasteiger partial charge >= 0.3 is 51.4 Å². The Balaban J connectivity index is 0.000000268. The number of carboxylic acid groups (broad SMARTS) is 1. The number of nitrogens with two attached hydrogens (primary N) is 3. The number of anilines is 2. The maximum absolute atomic E-state index is 12.9. The van der Waals surface area contributed by atoms with Gasteiger partial charge in [0.15, 0.2) is 0 Å². The van der Waals surface area contributed by atoms with E-state index in [9.17, 15) is 32.7 Å². The third-order valence-electron chi connectivity index (χ3n) is 10.2. The van der Waals surface area contributed by atoms with E-state index >= 15 is 0 Å². The van der Waals surface area contributed by atoms with Crippen LogP contribution in [-0.2, 0) is 19.7 Å². The molecule has 0 saturated carbocycles. The standard InChI is InChI=1S/C23H26N4O2.C13H20N2O.C10H8N2O2.C6H6O3S.K/c1-2-3-7-14-25-23(29)21(16-8-5-4-6-9-16)27-22(28)18-10-12-19-17(15-18)11-13-20(24)26-19;1-2-3-7-10-15-13(16)12(14)11-8-5-4-6-9-11;11-9-4-2-6-5-7(10(13)14)1-3-8(6)12-9;7-10(8,9)6-4-2-1-3-5-6;/h4-6,8-13,15,21H,2-3,7,14H2,1H3,(H2,24,26)(H,25,29)(H,27,28);4-6,8-9,12H,2-3,7,10,14H2,1H3,(H,15,16);1-5H,(H2,11,12)(H,13,14);1-5H,(H,7,8,9);/q;;;;+1/p-1/t21-;12-;;;/m00.../s1. The van der Waals surface area contributed by atoms with Crippen LogP contribution in [0.5, 0.6) is 0 Å². The first-order chi connectivity index (χ1) is 33.1. The van der Waals surface area contributed by atoms with Crippen LogP contribution in [0.1, 0.15) is 96.3 Å². The normalized spacial score (nSPS) is 11.3. The van der Waals surface area contributed by atoms with E-state index in [4.69, 9.17) is 21.8 Å². The number of unbranched alkanes of at least 4 members (excludes halogenated alkanes) is 4. The van der Waals surface area contributed by atoms with Crippen LogP contribution in [0.3, 0.4) is 0 Å². The van der Waals surface area contributed by atoms with E-state index in [0.717, 1.165) is 65.9 Å². The van der Waals surface area contributed by atoms with Crippen molar-refractivity contribution >= 4 is 67.3 Å². The Hall–Kier alpha value is -6.09. The molecular weight excluding hydrogens is 936 g/mol. The molecule has 7 aromatic rings. The van der Waals surface area contributed by atoms with Gasteiger partial charge in [0.05, 0.1) is 21.9 Å². The zero-order chi connectivity index (χ0) is 50.2. The second kappa shape index (κ2) is 30.5. The number of rotatable bonds is 16. The van der Waals surface area contributed by atoms with Crippen molar-refractivity contribution in [3.8, 4) is 0 Å². The number of hydrogen-bond donors (Lipinski definition) is 7. The Morgan fingerprint density at radius 2 is 1.04 bits per heavy atom. The van der Waals surface area contributed by atoms with Crippen molar-refractivity contribution in [2.24, 2.45) is 5.73 Å². The van der Waals surface area contributed by atoms with Gasteiger partial charge in [-0.05, 0) is 96.3 Å². The third kappa shape index (κ3) is 19.7. The Morgan fingerprint density at radius 3 is 1.50 bits per heavy atom. The van der Waals surface area contributed by atoms with Gasteiger partial charge in [-0.1, -0.05) is 124 Å². The zero-order valence-corrected chi connectivity index (χ0v) is 43.5. The van der Waals surface area contributed by atoms with Gasteiger partial charge in [-0.15, -0.1) is 0 Å². The fourth-order valence-corrected chi connectivity index (χ4v) is 7.00. The minimum absolute atomic E-state index is 0. The Kier molecular flexibility index (Phi) is 25.4. The number of nitrogens with zero attached hydrogens (tertiary/aromatic N) is 2. The molecule has 10 N–H and O–H groups in total. The maximum Gasteiger partial charge on any atom is 1.00 e. The summed E-state index contributed by atoms with van der Waals surface area (Å²) in [6.45, 7) is 5.56. The number of carbonyl (C=O) groups is 4. The van der Waals surface area contributed by atoms with Gasteiger partial charge in [0.2, 0.25) is 11.8 Å². The summed E-state index contributed by atoms with van der Waals surface area (Å²) < 4.78 is 29.2. The largest absolute Gasteiger partial charge is 1.00 e. The Morgan fingerprint density at radius 1 is 0.600 bits per heavy atom. The van der Waals surface area contributed by atoms with Gasteiger partial charge in [-0.2, -0.15) is 8.42 Å². The third-order valence-corrected chi connectivity index (χ3v) is 11.1. The van der Waals surface area contributed by atoms with Crippen molar-refractivity contribution in [2.45, 2.75) is 69.4 Å². The van der Waals surface area contributed by atoms with Crippen LogP contribution in [0.4, 0.5) is 11.6 Å². The smallest absolute Gasteiger partial charge is 0.545 e. The summed E-state index contributed by atoms with van der Waals surface area (Å²) in [7, 11) is -4.00. The fraction of sp³-hybridized carbons (Fsp3) is 0.231. The summed E-state index contributed by atoms with van der Waals surface area (Å²) in [5.74, 6) is -0.972. The average molecular weight is 995 g/mol. The minimum atomic E-state index is -4.00. The number of carboxylic acids is 1. The van der Waals surface area contributed by atoms with Crippen LogP contribution < -0.4 is 89.6 Å². The number of aromatic carboxylic acids is 1. The number of amides is 3. The van der Waals surface area contributed by atoms with Crippen LogP contribution in [0.15, 0.2) is 157 Å². The Labute approximate surface area is 451 Å². The van der Waals surface area contributed by atoms with Gasteiger partial charge in [0.1, 0.15) is 23.7 Å². The number of nitrogens with one attached hydrogen (secondary N) is 3. The van der Waals surface area contributed by atoms with Gasteiger partial charge in [-0.25, -0.2) is 9.97 Å². The Bertz CT molecular complexity index is 2860. The number of pyridine rings is 2. The second-order valence-electron chi connectivity index (χ2n) is 15.6.